The molecule has 1 aliphatic rings. The molecule has 280 valence electrons. The standard InChI is InChI=1S/C52H41N5O/c1-52(2,3)35-29-30-53-49(31-35)57-44-23-12-10-21-41(44)42-26-25-40(33-48(42)57)58-39-20-14-19-38(32-39)54-34-55(36-15-6-4-7-16-36)51-47(54)28-27-46-50(51)43-22-11-13-24-45(43)56(46)37-17-8-5-9-18-37/h4-33H,34H2,1-3H3. The fourth-order valence-corrected chi connectivity index (χ4v) is 8.82. The fraction of sp³-hybridized carbons (Fsp3) is 0.0962. The molecular formula is C52H41N5O. The molecule has 0 bridgehead atoms. The van der Waals surface area contributed by atoms with Gasteiger partial charge in [-0.1, -0.05) is 99.6 Å². The second kappa shape index (κ2) is 13.1. The van der Waals surface area contributed by atoms with Gasteiger partial charge in [-0.3, -0.25) is 4.57 Å². The average Bonchev–Trinajstić information content (AvgIpc) is 3.92. The van der Waals surface area contributed by atoms with Gasteiger partial charge in [0.25, 0.3) is 0 Å². The van der Waals surface area contributed by atoms with Crippen LogP contribution in [0, 0.1) is 0 Å². The lowest BCUT2D eigenvalue weighted by Crippen LogP contribution is -2.23. The second-order valence-electron chi connectivity index (χ2n) is 16.1. The smallest absolute Gasteiger partial charge is 0.137 e. The van der Waals surface area contributed by atoms with E-state index in [1.807, 2.05) is 12.3 Å². The summed E-state index contributed by atoms with van der Waals surface area (Å²) in [6.07, 6.45) is 1.92. The molecule has 11 rings (SSSR count). The fourth-order valence-electron chi connectivity index (χ4n) is 8.82. The molecule has 0 saturated heterocycles. The number of anilines is 4. The number of pyridine rings is 1. The molecule has 0 fully saturated rings. The Kier molecular flexibility index (Phi) is 7.70. The predicted molar refractivity (Wildman–Crippen MR) is 240 cm³/mol. The first-order valence-corrected chi connectivity index (χ1v) is 19.9. The number of hydrogen-bond donors (Lipinski definition) is 0. The minimum atomic E-state index is -0.00321. The Bertz CT molecular complexity index is 3170. The van der Waals surface area contributed by atoms with E-state index in [1.54, 1.807) is 0 Å². The lowest BCUT2D eigenvalue weighted by atomic mass is 9.88. The number of hydrogen-bond acceptors (Lipinski definition) is 4. The van der Waals surface area contributed by atoms with Crippen LogP contribution in [0.1, 0.15) is 26.3 Å². The maximum atomic E-state index is 6.75. The van der Waals surface area contributed by atoms with Gasteiger partial charge in [-0.15, -0.1) is 0 Å². The lowest BCUT2D eigenvalue weighted by Gasteiger charge is -2.22. The molecule has 0 unspecified atom stereocenters. The highest BCUT2D eigenvalue weighted by molar-refractivity contribution is 6.19. The van der Waals surface area contributed by atoms with Crippen molar-refractivity contribution in [2.24, 2.45) is 0 Å². The average molecular weight is 752 g/mol. The van der Waals surface area contributed by atoms with Gasteiger partial charge in [0.1, 0.15) is 24.0 Å². The molecule has 0 spiro atoms. The molecule has 3 aromatic heterocycles. The zero-order valence-electron chi connectivity index (χ0n) is 32.7. The van der Waals surface area contributed by atoms with Gasteiger partial charge in [0.15, 0.2) is 0 Å². The van der Waals surface area contributed by atoms with E-state index < -0.39 is 0 Å². The third kappa shape index (κ3) is 5.44. The molecule has 6 heteroatoms. The monoisotopic (exact) mass is 751 g/mol. The molecule has 6 nitrogen and oxygen atoms in total. The number of nitrogens with zero attached hydrogens (tertiary/aromatic N) is 5. The molecule has 0 radical (unpaired) electrons. The molecular weight excluding hydrogens is 711 g/mol. The van der Waals surface area contributed by atoms with Crippen LogP contribution < -0.4 is 14.5 Å². The molecule has 0 saturated carbocycles. The first-order chi connectivity index (χ1) is 28.4. The summed E-state index contributed by atoms with van der Waals surface area (Å²) in [5.41, 5.74) is 11.5. The molecule has 0 amide bonds. The number of benzene rings is 7. The number of aromatic nitrogens is 3. The minimum Gasteiger partial charge on any atom is -0.457 e. The molecule has 0 aliphatic carbocycles. The molecule has 0 atom stereocenters. The van der Waals surface area contributed by atoms with Crippen molar-refractivity contribution in [2.45, 2.75) is 26.2 Å². The molecule has 10 aromatic rings. The Balaban J connectivity index is 1.02. The summed E-state index contributed by atoms with van der Waals surface area (Å²) in [5.74, 6) is 2.44. The summed E-state index contributed by atoms with van der Waals surface area (Å²) in [6.45, 7) is 7.37. The van der Waals surface area contributed by atoms with Gasteiger partial charge in [-0.2, -0.15) is 0 Å². The summed E-state index contributed by atoms with van der Waals surface area (Å²) in [5, 5.41) is 4.81. The SMILES string of the molecule is CC(C)(C)c1ccnc(-n2c3ccccc3c3ccc(Oc4cccc(N5CN(c6ccccc6)c6c5ccc5c6c6ccccc6n5-c5ccccc5)c4)cc32)c1. The third-order valence-corrected chi connectivity index (χ3v) is 11.6. The second-order valence-corrected chi connectivity index (χ2v) is 16.1. The van der Waals surface area contributed by atoms with Gasteiger partial charge in [-0.05, 0) is 95.9 Å². The first kappa shape index (κ1) is 34.0. The van der Waals surface area contributed by atoms with Gasteiger partial charge >= 0.3 is 0 Å². The van der Waals surface area contributed by atoms with Crippen LogP contribution in [-0.2, 0) is 5.41 Å². The summed E-state index contributed by atoms with van der Waals surface area (Å²) in [4.78, 5) is 9.72. The van der Waals surface area contributed by atoms with Gasteiger partial charge < -0.3 is 19.1 Å². The van der Waals surface area contributed by atoms with Crippen molar-refractivity contribution in [3.63, 3.8) is 0 Å². The summed E-state index contributed by atoms with van der Waals surface area (Å²) in [6, 6.07) is 62.4. The summed E-state index contributed by atoms with van der Waals surface area (Å²) in [7, 11) is 0. The topological polar surface area (TPSA) is 38.5 Å². The van der Waals surface area contributed by atoms with Gasteiger partial charge in [0.05, 0.1) is 33.4 Å². The maximum Gasteiger partial charge on any atom is 0.137 e. The molecule has 7 aromatic carbocycles. The molecule has 58 heavy (non-hydrogen) atoms. The molecule has 1 aliphatic heterocycles. The number of ether oxygens (including phenoxy) is 1. The summed E-state index contributed by atoms with van der Waals surface area (Å²) >= 11 is 0. The first-order valence-electron chi connectivity index (χ1n) is 19.9. The maximum absolute atomic E-state index is 6.75. The lowest BCUT2D eigenvalue weighted by molar-refractivity contribution is 0.483. The van der Waals surface area contributed by atoms with E-state index in [9.17, 15) is 0 Å². The van der Waals surface area contributed by atoms with Crippen LogP contribution in [0.5, 0.6) is 11.5 Å². The largest absolute Gasteiger partial charge is 0.457 e. The van der Waals surface area contributed by atoms with Crippen LogP contribution in [0.25, 0.3) is 55.1 Å². The highest BCUT2D eigenvalue weighted by atomic mass is 16.5. The van der Waals surface area contributed by atoms with E-state index in [0.29, 0.717) is 6.67 Å². The third-order valence-electron chi connectivity index (χ3n) is 11.6. The number of para-hydroxylation sites is 4. The molecule has 0 N–H and O–H groups in total. The van der Waals surface area contributed by atoms with Crippen molar-refractivity contribution >= 4 is 66.4 Å². The van der Waals surface area contributed by atoms with Crippen molar-refractivity contribution in [1.29, 1.82) is 0 Å². The summed E-state index contributed by atoms with van der Waals surface area (Å²) < 4.78 is 11.4. The Morgan fingerprint density at radius 2 is 1.14 bits per heavy atom. The Morgan fingerprint density at radius 1 is 0.483 bits per heavy atom. The zero-order valence-corrected chi connectivity index (χ0v) is 32.7. The van der Waals surface area contributed by atoms with Crippen LogP contribution in [0.15, 0.2) is 182 Å². The van der Waals surface area contributed by atoms with Crippen LogP contribution in [0.2, 0.25) is 0 Å². The van der Waals surface area contributed by atoms with E-state index in [1.165, 1.54) is 38.4 Å². The Morgan fingerprint density at radius 3 is 1.91 bits per heavy atom. The Labute approximate surface area is 337 Å². The van der Waals surface area contributed by atoms with E-state index in [2.05, 4.69) is 210 Å². The normalized spacial score (nSPS) is 12.9. The van der Waals surface area contributed by atoms with E-state index in [4.69, 9.17) is 9.72 Å². The van der Waals surface area contributed by atoms with E-state index >= 15 is 0 Å². The Hall–Kier alpha value is -7.31. The van der Waals surface area contributed by atoms with Crippen LogP contribution in [-0.4, -0.2) is 20.8 Å². The highest BCUT2D eigenvalue weighted by Gasteiger charge is 2.32. The number of rotatable bonds is 6. The van der Waals surface area contributed by atoms with Gasteiger partial charge in [0.2, 0.25) is 0 Å². The molecule has 4 heterocycles. The van der Waals surface area contributed by atoms with Gasteiger partial charge in [-0.25, -0.2) is 4.98 Å². The minimum absolute atomic E-state index is 0.00321. The zero-order chi connectivity index (χ0) is 39.0. The van der Waals surface area contributed by atoms with Crippen molar-refractivity contribution in [3.8, 4) is 23.0 Å². The van der Waals surface area contributed by atoms with Gasteiger partial charge in [0, 0.05) is 56.9 Å². The van der Waals surface area contributed by atoms with E-state index in [-0.39, 0.29) is 5.41 Å². The van der Waals surface area contributed by atoms with E-state index in [0.717, 1.165) is 56.5 Å². The van der Waals surface area contributed by atoms with Crippen molar-refractivity contribution in [3.05, 3.63) is 188 Å². The van der Waals surface area contributed by atoms with Crippen LogP contribution >= 0.6 is 0 Å². The van der Waals surface area contributed by atoms with Crippen molar-refractivity contribution < 1.29 is 4.74 Å². The number of fused-ring (bicyclic) bond motifs is 8. The predicted octanol–water partition coefficient (Wildman–Crippen LogP) is 13.6. The van der Waals surface area contributed by atoms with Crippen LogP contribution in [0.4, 0.5) is 22.7 Å². The van der Waals surface area contributed by atoms with Crippen LogP contribution in [0.3, 0.4) is 0 Å². The highest BCUT2D eigenvalue weighted by Crippen LogP contribution is 2.51. The van der Waals surface area contributed by atoms with Crippen molar-refractivity contribution in [2.75, 3.05) is 16.5 Å². The quantitative estimate of drug-likeness (QED) is 0.170. The van der Waals surface area contributed by atoms with Crippen molar-refractivity contribution in [1.82, 2.24) is 14.1 Å².